The van der Waals surface area contributed by atoms with Crippen LogP contribution in [0.15, 0.2) is 22.9 Å². The fourth-order valence-corrected chi connectivity index (χ4v) is 3.21. The summed E-state index contributed by atoms with van der Waals surface area (Å²) < 4.78 is 0. The zero-order chi connectivity index (χ0) is 14.1. The molecule has 0 saturated heterocycles. The average Bonchev–Trinajstić information content (AvgIpc) is 3.12. The molecular weight excluding hydrogens is 266 g/mol. The molecule has 1 fully saturated rings. The Kier molecular flexibility index (Phi) is 3.45. The maximum atomic E-state index is 9.45. The largest absolute Gasteiger partial charge is 0.363 e. The second kappa shape index (κ2) is 5.26. The number of aromatic nitrogens is 1. The van der Waals surface area contributed by atoms with Crippen molar-refractivity contribution in [1.29, 1.82) is 5.26 Å². The Bertz CT molecular complexity index is 651. The van der Waals surface area contributed by atoms with Gasteiger partial charge in [-0.1, -0.05) is 0 Å². The van der Waals surface area contributed by atoms with Crippen molar-refractivity contribution in [2.24, 2.45) is 0 Å². The van der Waals surface area contributed by atoms with Gasteiger partial charge in [-0.2, -0.15) is 16.6 Å². The van der Waals surface area contributed by atoms with Crippen LogP contribution in [0.3, 0.4) is 0 Å². The molecule has 0 atom stereocenters. The van der Waals surface area contributed by atoms with Gasteiger partial charge < -0.3 is 4.90 Å². The maximum absolute atomic E-state index is 9.45. The summed E-state index contributed by atoms with van der Waals surface area (Å²) in [4.78, 5) is 6.79. The van der Waals surface area contributed by atoms with Gasteiger partial charge in [0.25, 0.3) is 0 Å². The van der Waals surface area contributed by atoms with E-state index < -0.39 is 0 Å². The molecule has 3 rings (SSSR count). The molecule has 0 N–H and O–H groups in total. The van der Waals surface area contributed by atoms with E-state index in [1.807, 2.05) is 13.8 Å². The summed E-state index contributed by atoms with van der Waals surface area (Å²) in [5.41, 5.74) is 4.90. The number of hydrogen-bond acceptors (Lipinski definition) is 4. The monoisotopic (exact) mass is 283 g/mol. The first kappa shape index (κ1) is 13.1. The van der Waals surface area contributed by atoms with E-state index >= 15 is 0 Å². The van der Waals surface area contributed by atoms with E-state index in [-0.39, 0.29) is 0 Å². The Hall–Kier alpha value is -1.86. The molecule has 1 aliphatic carbocycles. The van der Waals surface area contributed by atoms with Crippen molar-refractivity contribution in [1.82, 2.24) is 4.98 Å². The molecule has 0 radical (unpaired) electrons. The van der Waals surface area contributed by atoms with Crippen molar-refractivity contribution in [3.63, 3.8) is 0 Å². The summed E-state index contributed by atoms with van der Waals surface area (Å²) in [6.45, 7) is 4.80. The highest BCUT2D eigenvalue weighted by atomic mass is 32.1. The number of nitriles is 1. The Labute approximate surface area is 123 Å². The van der Waals surface area contributed by atoms with Crippen LogP contribution in [0.2, 0.25) is 0 Å². The van der Waals surface area contributed by atoms with Crippen LogP contribution < -0.4 is 4.90 Å². The highest BCUT2D eigenvalue weighted by Crippen LogP contribution is 2.36. The number of nitrogens with zero attached hydrogens (tertiary/aromatic N) is 3. The lowest BCUT2D eigenvalue weighted by Gasteiger charge is -2.26. The van der Waals surface area contributed by atoms with E-state index in [9.17, 15) is 5.26 Å². The highest BCUT2D eigenvalue weighted by molar-refractivity contribution is 7.07. The molecule has 20 heavy (non-hydrogen) atoms. The molecule has 3 nitrogen and oxygen atoms in total. The number of aryl methyl sites for hydroxylation is 2. The van der Waals surface area contributed by atoms with Gasteiger partial charge in [-0.3, -0.25) is 4.98 Å². The number of pyridine rings is 1. The molecule has 2 aromatic heterocycles. The van der Waals surface area contributed by atoms with Gasteiger partial charge in [0.15, 0.2) is 0 Å². The molecule has 4 heteroatoms. The van der Waals surface area contributed by atoms with E-state index in [2.05, 4.69) is 38.8 Å². The zero-order valence-electron chi connectivity index (χ0n) is 11.8. The molecular formula is C16H17N3S. The normalized spacial score (nSPS) is 14.1. The van der Waals surface area contributed by atoms with Gasteiger partial charge in [0.05, 0.1) is 16.9 Å². The maximum Gasteiger partial charge on any atom is 0.103 e. The van der Waals surface area contributed by atoms with Crippen molar-refractivity contribution < 1.29 is 0 Å². The molecule has 0 unspecified atom stereocenters. The molecule has 0 aliphatic heterocycles. The van der Waals surface area contributed by atoms with Gasteiger partial charge in [-0.25, -0.2) is 0 Å². The SMILES string of the molecule is Cc1cc(N(Cc2ccsc2)C2CC2)c(C#N)c(C)n1. The summed E-state index contributed by atoms with van der Waals surface area (Å²) in [5.74, 6) is 0. The number of rotatable bonds is 4. The lowest BCUT2D eigenvalue weighted by Crippen LogP contribution is -2.26. The first-order valence-electron chi connectivity index (χ1n) is 6.85. The average molecular weight is 283 g/mol. The van der Waals surface area contributed by atoms with Gasteiger partial charge in [0, 0.05) is 18.3 Å². The van der Waals surface area contributed by atoms with Gasteiger partial charge >= 0.3 is 0 Å². The van der Waals surface area contributed by atoms with Crippen LogP contribution >= 0.6 is 11.3 Å². The second-order valence-corrected chi connectivity index (χ2v) is 6.13. The van der Waals surface area contributed by atoms with Gasteiger partial charge in [-0.15, -0.1) is 0 Å². The number of anilines is 1. The molecule has 1 saturated carbocycles. The van der Waals surface area contributed by atoms with Crippen LogP contribution in [0, 0.1) is 25.2 Å². The minimum Gasteiger partial charge on any atom is -0.363 e. The van der Waals surface area contributed by atoms with Crippen molar-refractivity contribution in [2.45, 2.75) is 39.3 Å². The fraction of sp³-hybridized carbons (Fsp3) is 0.375. The molecule has 102 valence electrons. The summed E-state index contributed by atoms with van der Waals surface area (Å²) in [5, 5.41) is 13.7. The Morgan fingerprint density at radius 2 is 2.25 bits per heavy atom. The second-order valence-electron chi connectivity index (χ2n) is 5.35. The van der Waals surface area contributed by atoms with Crippen LogP contribution in [0.25, 0.3) is 0 Å². The van der Waals surface area contributed by atoms with E-state index in [1.165, 1.54) is 18.4 Å². The lowest BCUT2D eigenvalue weighted by atomic mass is 10.1. The van der Waals surface area contributed by atoms with Crippen LogP contribution in [0.5, 0.6) is 0 Å². The topological polar surface area (TPSA) is 39.9 Å². The molecule has 0 bridgehead atoms. The first-order valence-corrected chi connectivity index (χ1v) is 7.79. The summed E-state index contributed by atoms with van der Waals surface area (Å²) in [7, 11) is 0. The molecule has 0 amide bonds. The van der Waals surface area contributed by atoms with Crippen molar-refractivity contribution >= 4 is 17.0 Å². The number of hydrogen-bond donors (Lipinski definition) is 0. The summed E-state index contributed by atoms with van der Waals surface area (Å²) in [6.07, 6.45) is 2.44. The van der Waals surface area contributed by atoms with Gasteiger partial charge in [0.1, 0.15) is 6.07 Å². The molecule has 0 spiro atoms. The third-order valence-electron chi connectivity index (χ3n) is 3.65. The Morgan fingerprint density at radius 3 is 2.85 bits per heavy atom. The third kappa shape index (κ3) is 2.54. The van der Waals surface area contributed by atoms with E-state index in [1.54, 1.807) is 11.3 Å². The fourth-order valence-electron chi connectivity index (χ4n) is 2.55. The predicted molar refractivity (Wildman–Crippen MR) is 82.0 cm³/mol. The number of thiophene rings is 1. The summed E-state index contributed by atoms with van der Waals surface area (Å²) in [6, 6.07) is 7.12. The van der Waals surface area contributed by atoms with Crippen LogP contribution in [-0.4, -0.2) is 11.0 Å². The molecule has 2 aromatic rings. The van der Waals surface area contributed by atoms with E-state index in [0.717, 1.165) is 29.2 Å². The van der Waals surface area contributed by atoms with Gasteiger partial charge in [0.2, 0.25) is 0 Å². The third-order valence-corrected chi connectivity index (χ3v) is 4.38. The van der Waals surface area contributed by atoms with Crippen molar-refractivity contribution in [3.05, 3.63) is 45.4 Å². The first-order chi connectivity index (χ1) is 9.69. The van der Waals surface area contributed by atoms with Crippen LogP contribution in [-0.2, 0) is 6.54 Å². The smallest absolute Gasteiger partial charge is 0.103 e. The lowest BCUT2D eigenvalue weighted by molar-refractivity contribution is 0.791. The van der Waals surface area contributed by atoms with Crippen LogP contribution in [0.1, 0.15) is 35.4 Å². The summed E-state index contributed by atoms with van der Waals surface area (Å²) >= 11 is 1.72. The van der Waals surface area contributed by atoms with Crippen LogP contribution in [0.4, 0.5) is 5.69 Å². The molecule has 0 aromatic carbocycles. The molecule has 1 aliphatic rings. The standard InChI is InChI=1S/C16H17N3S/c1-11-7-16(15(8-17)12(2)18-11)19(14-3-4-14)9-13-5-6-20-10-13/h5-7,10,14H,3-4,9H2,1-2H3. The predicted octanol–water partition coefficient (Wildman–Crippen LogP) is 3.80. The highest BCUT2D eigenvalue weighted by Gasteiger charge is 2.31. The van der Waals surface area contributed by atoms with Crippen molar-refractivity contribution in [2.75, 3.05) is 4.90 Å². The zero-order valence-corrected chi connectivity index (χ0v) is 12.6. The molecule has 2 heterocycles. The minimum absolute atomic E-state index is 0.572. The Balaban J connectivity index is 2.01. The quantitative estimate of drug-likeness (QED) is 0.857. The van der Waals surface area contributed by atoms with E-state index in [0.29, 0.717) is 6.04 Å². The minimum atomic E-state index is 0.572. The van der Waals surface area contributed by atoms with Crippen molar-refractivity contribution in [3.8, 4) is 6.07 Å². The van der Waals surface area contributed by atoms with Gasteiger partial charge in [-0.05, 0) is 55.1 Å². The van der Waals surface area contributed by atoms with E-state index in [4.69, 9.17) is 0 Å². The Morgan fingerprint density at radius 1 is 1.45 bits per heavy atom.